The maximum Gasteiger partial charge on any atom is 0.256 e. The Morgan fingerprint density at radius 3 is 2.95 bits per heavy atom. The number of carbonyl (C=O) groups excluding carboxylic acids is 1. The van der Waals surface area contributed by atoms with Crippen molar-refractivity contribution in [3.63, 3.8) is 0 Å². The number of benzene rings is 1. The number of hydrogen-bond donors (Lipinski definition) is 1. The summed E-state index contributed by atoms with van der Waals surface area (Å²) in [6.45, 7) is 3.12. The van der Waals surface area contributed by atoms with Crippen LogP contribution in [0.5, 0.6) is 0 Å². The topological polar surface area (TPSA) is 53.4 Å². The van der Waals surface area contributed by atoms with Crippen LogP contribution in [0, 0.1) is 5.92 Å². The first kappa shape index (κ1) is 13.1. The van der Waals surface area contributed by atoms with Gasteiger partial charge in [-0.1, -0.05) is 24.3 Å². The molecule has 4 heteroatoms. The molecule has 0 bridgehead atoms. The van der Waals surface area contributed by atoms with E-state index in [9.17, 15) is 9.90 Å². The van der Waals surface area contributed by atoms with Crippen LogP contribution in [0.1, 0.15) is 23.7 Å². The second-order valence-electron chi connectivity index (χ2n) is 5.45. The van der Waals surface area contributed by atoms with Crippen LogP contribution in [0.2, 0.25) is 0 Å². The Labute approximate surface area is 118 Å². The molecule has 1 N–H and O–H groups in total. The molecule has 2 aromatic rings. The van der Waals surface area contributed by atoms with E-state index in [4.69, 9.17) is 0 Å². The fourth-order valence-corrected chi connectivity index (χ4v) is 2.82. The number of likely N-dealkylation sites (tertiary alicyclic amines) is 1. The third-order valence-electron chi connectivity index (χ3n) is 4.09. The van der Waals surface area contributed by atoms with Crippen molar-refractivity contribution in [1.29, 1.82) is 0 Å². The van der Waals surface area contributed by atoms with Gasteiger partial charge in [-0.15, -0.1) is 0 Å². The van der Waals surface area contributed by atoms with Gasteiger partial charge < -0.3 is 10.0 Å². The van der Waals surface area contributed by atoms with Gasteiger partial charge in [0, 0.05) is 36.8 Å². The first-order valence-corrected chi connectivity index (χ1v) is 6.97. The van der Waals surface area contributed by atoms with E-state index in [0.717, 1.165) is 17.2 Å². The van der Waals surface area contributed by atoms with E-state index >= 15 is 0 Å². The molecule has 1 fully saturated rings. The molecular formula is C16H18N2O2. The largest absolute Gasteiger partial charge is 0.393 e. The van der Waals surface area contributed by atoms with Crippen LogP contribution in [0.4, 0.5) is 0 Å². The Kier molecular flexibility index (Phi) is 3.40. The highest BCUT2D eigenvalue weighted by molar-refractivity contribution is 6.06. The van der Waals surface area contributed by atoms with Gasteiger partial charge in [0.25, 0.3) is 5.91 Å². The highest BCUT2D eigenvalue weighted by atomic mass is 16.3. The maximum atomic E-state index is 12.6. The Bertz CT molecular complexity index is 634. The number of amides is 1. The van der Waals surface area contributed by atoms with Crippen molar-refractivity contribution >= 4 is 16.7 Å². The summed E-state index contributed by atoms with van der Waals surface area (Å²) < 4.78 is 0. The standard InChI is InChI=1S/C16H18N2O2/c1-11(19)13-6-7-18(10-13)16(20)15-9-17-8-12-4-2-3-5-14(12)15/h2-5,8-9,11,13,19H,6-7,10H2,1H3. The monoisotopic (exact) mass is 270 g/mol. The van der Waals surface area contributed by atoms with Crippen molar-refractivity contribution in [3.05, 3.63) is 42.2 Å². The summed E-state index contributed by atoms with van der Waals surface area (Å²) in [7, 11) is 0. The van der Waals surface area contributed by atoms with Crippen LogP contribution in [0.25, 0.3) is 10.8 Å². The van der Waals surface area contributed by atoms with Gasteiger partial charge in [-0.2, -0.15) is 0 Å². The highest BCUT2D eigenvalue weighted by Crippen LogP contribution is 2.24. The van der Waals surface area contributed by atoms with Crippen LogP contribution in [0.15, 0.2) is 36.7 Å². The number of nitrogens with zero attached hydrogens (tertiary/aromatic N) is 2. The van der Waals surface area contributed by atoms with Crippen LogP contribution >= 0.6 is 0 Å². The molecule has 2 heterocycles. The third-order valence-corrected chi connectivity index (χ3v) is 4.09. The average molecular weight is 270 g/mol. The van der Waals surface area contributed by atoms with Crippen molar-refractivity contribution in [2.75, 3.05) is 13.1 Å². The summed E-state index contributed by atoms with van der Waals surface area (Å²) >= 11 is 0. The van der Waals surface area contributed by atoms with E-state index in [1.165, 1.54) is 0 Å². The van der Waals surface area contributed by atoms with E-state index in [0.29, 0.717) is 18.7 Å². The van der Waals surface area contributed by atoms with Crippen molar-refractivity contribution in [1.82, 2.24) is 9.88 Å². The number of carbonyl (C=O) groups is 1. The van der Waals surface area contributed by atoms with Gasteiger partial charge >= 0.3 is 0 Å². The molecule has 1 aromatic carbocycles. The van der Waals surface area contributed by atoms with Crippen LogP contribution in [-0.2, 0) is 0 Å². The molecule has 0 saturated carbocycles. The zero-order valence-electron chi connectivity index (χ0n) is 11.5. The van der Waals surface area contributed by atoms with E-state index in [1.807, 2.05) is 29.2 Å². The molecule has 0 aliphatic carbocycles. The second-order valence-corrected chi connectivity index (χ2v) is 5.45. The summed E-state index contributed by atoms with van der Waals surface area (Å²) in [4.78, 5) is 18.6. The fourth-order valence-electron chi connectivity index (χ4n) is 2.82. The van der Waals surface area contributed by atoms with Gasteiger partial charge in [-0.3, -0.25) is 9.78 Å². The Balaban J connectivity index is 1.90. The van der Waals surface area contributed by atoms with E-state index < -0.39 is 0 Å². The normalized spacial score (nSPS) is 20.3. The Morgan fingerprint density at radius 1 is 1.40 bits per heavy atom. The molecule has 0 spiro atoms. The minimum absolute atomic E-state index is 0.0115. The van der Waals surface area contributed by atoms with Gasteiger partial charge in [-0.05, 0) is 18.7 Å². The van der Waals surface area contributed by atoms with Crippen molar-refractivity contribution in [2.24, 2.45) is 5.92 Å². The third kappa shape index (κ3) is 2.27. The molecule has 20 heavy (non-hydrogen) atoms. The first-order chi connectivity index (χ1) is 9.66. The lowest BCUT2D eigenvalue weighted by molar-refractivity contribution is 0.0764. The molecule has 1 amide bonds. The number of hydrogen-bond acceptors (Lipinski definition) is 3. The molecule has 1 aliphatic heterocycles. The number of aliphatic hydroxyl groups is 1. The van der Waals surface area contributed by atoms with Gasteiger partial charge in [0.1, 0.15) is 0 Å². The summed E-state index contributed by atoms with van der Waals surface area (Å²) in [5.41, 5.74) is 0.648. The SMILES string of the molecule is CC(O)C1CCN(C(=O)c2cncc3ccccc23)C1. The molecule has 3 rings (SSSR count). The van der Waals surface area contributed by atoms with Crippen LogP contribution in [0.3, 0.4) is 0 Å². The molecule has 1 aliphatic rings. The Hall–Kier alpha value is -1.94. The van der Waals surface area contributed by atoms with E-state index in [-0.39, 0.29) is 17.9 Å². The van der Waals surface area contributed by atoms with Crippen molar-refractivity contribution < 1.29 is 9.90 Å². The minimum Gasteiger partial charge on any atom is -0.393 e. The molecule has 2 atom stereocenters. The predicted octanol–water partition coefficient (Wildman–Crippen LogP) is 2.08. The number of aliphatic hydroxyl groups excluding tert-OH is 1. The summed E-state index contributed by atoms with van der Waals surface area (Å²) in [5.74, 6) is 0.194. The Morgan fingerprint density at radius 2 is 2.20 bits per heavy atom. The number of aromatic nitrogens is 1. The molecule has 1 aromatic heterocycles. The summed E-state index contributed by atoms with van der Waals surface area (Å²) in [6, 6.07) is 7.79. The van der Waals surface area contributed by atoms with Gasteiger partial charge in [0.15, 0.2) is 0 Å². The van der Waals surface area contributed by atoms with Gasteiger partial charge in [0.05, 0.1) is 11.7 Å². The average Bonchev–Trinajstić information content (AvgIpc) is 2.96. The summed E-state index contributed by atoms with van der Waals surface area (Å²) in [5, 5.41) is 11.6. The molecule has 2 unspecified atom stereocenters. The lowest BCUT2D eigenvalue weighted by Gasteiger charge is -2.18. The summed E-state index contributed by atoms with van der Waals surface area (Å²) in [6.07, 6.45) is 3.91. The molecule has 104 valence electrons. The van der Waals surface area contributed by atoms with Crippen LogP contribution in [-0.4, -0.2) is 40.1 Å². The highest BCUT2D eigenvalue weighted by Gasteiger charge is 2.30. The smallest absolute Gasteiger partial charge is 0.256 e. The van der Waals surface area contributed by atoms with Gasteiger partial charge in [0.2, 0.25) is 0 Å². The lowest BCUT2D eigenvalue weighted by atomic mass is 10.0. The van der Waals surface area contributed by atoms with Gasteiger partial charge in [-0.25, -0.2) is 0 Å². The van der Waals surface area contributed by atoms with E-state index in [2.05, 4.69) is 4.98 Å². The molecular weight excluding hydrogens is 252 g/mol. The molecule has 0 radical (unpaired) electrons. The van der Waals surface area contributed by atoms with Crippen LogP contribution < -0.4 is 0 Å². The quantitative estimate of drug-likeness (QED) is 0.909. The second kappa shape index (κ2) is 5.21. The zero-order chi connectivity index (χ0) is 14.1. The van der Waals surface area contributed by atoms with E-state index in [1.54, 1.807) is 19.3 Å². The lowest BCUT2D eigenvalue weighted by Crippen LogP contribution is -2.30. The van der Waals surface area contributed by atoms with Crippen molar-refractivity contribution in [3.8, 4) is 0 Å². The number of pyridine rings is 1. The predicted molar refractivity (Wildman–Crippen MR) is 77.4 cm³/mol. The van der Waals surface area contributed by atoms with Crippen molar-refractivity contribution in [2.45, 2.75) is 19.4 Å². The fraction of sp³-hybridized carbons (Fsp3) is 0.375. The molecule has 1 saturated heterocycles. The molecule has 4 nitrogen and oxygen atoms in total. The minimum atomic E-state index is -0.363. The maximum absolute atomic E-state index is 12.6. The first-order valence-electron chi connectivity index (χ1n) is 6.97. The number of fused-ring (bicyclic) bond motifs is 1. The zero-order valence-corrected chi connectivity index (χ0v) is 11.5. The number of rotatable bonds is 2.